The molecule has 1 aliphatic carbocycles. The van der Waals surface area contributed by atoms with Crippen molar-refractivity contribution in [1.82, 2.24) is 10.2 Å². The lowest BCUT2D eigenvalue weighted by Crippen LogP contribution is -2.39. The molecule has 2 heteroatoms. The van der Waals surface area contributed by atoms with Gasteiger partial charge in [0, 0.05) is 12.6 Å². The average Bonchev–Trinajstić information content (AvgIpc) is 2.59. The predicted molar refractivity (Wildman–Crippen MR) is 88.1 cm³/mol. The van der Waals surface area contributed by atoms with Gasteiger partial charge in [-0.05, 0) is 69.5 Å². The fraction of sp³-hybridized carbons (Fsp3) is 1.00. The van der Waals surface area contributed by atoms with Crippen molar-refractivity contribution < 1.29 is 0 Å². The second kappa shape index (κ2) is 7.79. The molecule has 1 heterocycles. The molecular weight excluding hydrogens is 244 g/mol. The first-order valence-corrected chi connectivity index (χ1v) is 9.01. The van der Waals surface area contributed by atoms with Crippen LogP contribution in [0.2, 0.25) is 0 Å². The quantitative estimate of drug-likeness (QED) is 0.764. The van der Waals surface area contributed by atoms with E-state index >= 15 is 0 Å². The molecule has 20 heavy (non-hydrogen) atoms. The maximum absolute atomic E-state index is 3.86. The molecule has 1 saturated carbocycles. The number of nitrogens with zero attached hydrogens (tertiary/aromatic N) is 1. The van der Waals surface area contributed by atoms with Crippen molar-refractivity contribution in [2.45, 2.75) is 78.2 Å². The molecule has 1 saturated heterocycles. The molecule has 0 aromatic carbocycles. The van der Waals surface area contributed by atoms with Gasteiger partial charge in [-0.1, -0.05) is 33.6 Å². The summed E-state index contributed by atoms with van der Waals surface area (Å²) in [5.74, 6) is 0.796. The van der Waals surface area contributed by atoms with Crippen molar-refractivity contribution in [3.63, 3.8) is 0 Å². The summed E-state index contributed by atoms with van der Waals surface area (Å²) in [7, 11) is 0. The van der Waals surface area contributed by atoms with Crippen LogP contribution in [0.25, 0.3) is 0 Å². The van der Waals surface area contributed by atoms with Crippen LogP contribution in [-0.2, 0) is 0 Å². The first kappa shape index (κ1) is 16.3. The SMILES string of the molecule is CC(CNC1CCCC(C)(C)CC1)CN1CCCCC1. The van der Waals surface area contributed by atoms with Crippen LogP contribution in [0, 0.1) is 11.3 Å². The Balaban J connectivity index is 1.63. The van der Waals surface area contributed by atoms with E-state index in [4.69, 9.17) is 0 Å². The zero-order valence-corrected chi connectivity index (χ0v) is 14.1. The van der Waals surface area contributed by atoms with E-state index in [0.717, 1.165) is 12.0 Å². The monoisotopic (exact) mass is 280 g/mol. The van der Waals surface area contributed by atoms with Crippen molar-refractivity contribution >= 4 is 0 Å². The van der Waals surface area contributed by atoms with Crippen LogP contribution in [0.15, 0.2) is 0 Å². The second-order valence-corrected chi connectivity index (χ2v) is 8.17. The van der Waals surface area contributed by atoms with Gasteiger partial charge in [-0.2, -0.15) is 0 Å². The Kier molecular flexibility index (Phi) is 6.35. The molecule has 1 N–H and O–H groups in total. The van der Waals surface area contributed by atoms with Crippen LogP contribution in [-0.4, -0.2) is 37.1 Å². The second-order valence-electron chi connectivity index (χ2n) is 8.17. The van der Waals surface area contributed by atoms with Crippen LogP contribution in [0.5, 0.6) is 0 Å². The van der Waals surface area contributed by atoms with Gasteiger partial charge in [-0.3, -0.25) is 0 Å². The van der Waals surface area contributed by atoms with Crippen molar-refractivity contribution in [1.29, 1.82) is 0 Å². The van der Waals surface area contributed by atoms with Gasteiger partial charge >= 0.3 is 0 Å². The molecule has 2 nitrogen and oxygen atoms in total. The van der Waals surface area contributed by atoms with E-state index in [-0.39, 0.29) is 0 Å². The van der Waals surface area contributed by atoms with Gasteiger partial charge in [0.15, 0.2) is 0 Å². The summed E-state index contributed by atoms with van der Waals surface area (Å²) < 4.78 is 0. The zero-order chi connectivity index (χ0) is 14.4. The minimum absolute atomic E-state index is 0.579. The highest BCUT2D eigenvalue weighted by molar-refractivity contribution is 4.80. The van der Waals surface area contributed by atoms with E-state index in [1.165, 1.54) is 77.5 Å². The molecule has 2 fully saturated rings. The molecular formula is C18H36N2. The minimum atomic E-state index is 0.579. The maximum atomic E-state index is 3.86. The maximum Gasteiger partial charge on any atom is 0.00673 e. The summed E-state index contributed by atoms with van der Waals surface area (Å²) in [6, 6.07) is 0.778. The van der Waals surface area contributed by atoms with Gasteiger partial charge in [-0.15, -0.1) is 0 Å². The first-order valence-electron chi connectivity index (χ1n) is 9.01. The third-order valence-corrected chi connectivity index (χ3v) is 5.35. The Morgan fingerprint density at radius 2 is 1.80 bits per heavy atom. The Bertz CT molecular complexity index is 269. The average molecular weight is 280 g/mol. The molecule has 2 unspecified atom stereocenters. The number of nitrogens with one attached hydrogen (secondary N) is 1. The van der Waals surface area contributed by atoms with E-state index in [2.05, 4.69) is 31.0 Å². The summed E-state index contributed by atoms with van der Waals surface area (Å²) in [6.45, 7) is 12.5. The van der Waals surface area contributed by atoms with Crippen molar-refractivity contribution in [3.8, 4) is 0 Å². The Hall–Kier alpha value is -0.0800. The Labute approximate surface area is 126 Å². The van der Waals surface area contributed by atoms with E-state index in [1.807, 2.05) is 0 Å². The van der Waals surface area contributed by atoms with Gasteiger partial charge in [0.1, 0.15) is 0 Å². The van der Waals surface area contributed by atoms with Crippen LogP contribution >= 0.6 is 0 Å². The lowest BCUT2D eigenvalue weighted by atomic mass is 9.85. The fourth-order valence-electron chi connectivity index (χ4n) is 3.88. The highest BCUT2D eigenvalue weighted by Crippen LogP contribution is 2.33. The third-order valence-electron chi connectivity index (χ3n) is 5.35. The van der Waals surface area contributed by atoms with E-state index in [0.29, 0.717) is 5.41 Å². The molecule has 1 aliphatic heterocycles. The highest BCUT2D eigenvalue weighted by Gasteiger charge is 2.24. The Morgan fingerprint density at radius 3 is 2.55 bits per heavy atom. The van der Waals surface area contributed by atoms with Crippen molar-refractivity contribution in [2.24, 2.45) is 11.3 Å². The van der Waals surface area contributed by atoms with Gasteiger partial charge < -0.3 is 10.2 Å². The van der Waals surface area contributed by atoms with Crippen LogP contribution < -0.4 is 5.32 Å². The standard InChI is InChI=1S/C18H36N2/c1-16(15-20-12-5-4-6-13-20)14-19-17-8-7-10-18(2,3)11-9-17/h16-17,19H,4-15H2,1-3H3. The lowest BCUT2D eigenvalue weighted by Gasteiger charge is -2.30. The number of rotatable bonds is 5. The Morgan fingerprint density at radius 1 is 1.05 bits per heavy atom. The molecule has 118 valence electrons. The van der Waals surface area contributed by atoms with Gasteiger partial charge in [0.25, 0.3) is 0 Å². The number of piperidine rings is 1. The van der Waals surface area contributed by atoms with E-state index in [9.17, 15) is 0 Å². The van der Waals surface area contributed by atoms with Crippen LogP contribution in [0.3, 0.4) is 0 Å². The highest BCUT2D eigenvalue weighted by atomic mass is 15.1. The molecule has 2 aliphatic rings. The van der Waals surface area contributed by atoms with Crippen LogP contribution in [0.1, 0.15) is 72.1 Å². The van der Waals surface area contributed by atoms with E-state index in [1.54, 1.807) is 0 Å². The molecule has 0 aromatic heterocycles. The molecule has 2 atom stereocenters. The molecule has 0 spiro atoms. The number of likely N-dealkylation sites (tertiary alicyclic amines) is 1. The molecule has 0 aromatic rings. The summed E-state index contributed by atoms with van der Waals surface area (Å²) in [5.41, 5.74) is 0.579. The molecule has 2 rings (SSSR count). The summed E-state index contributed by atoms with van der Waals surface area (Å²) in [5, 5.41) is 3.86. The van der Waals surface area contributed by atoms with Crippen molar-refractivity contribution in [2.75, 3.05) is 26.2 Å². The van der Waals surface area contributed by atoms with Gasteiger partial charge in [0.05, 0.1) is 0 Å². The van der Waals surface area contributed by atoms with Crippen LogP contribution in [0.4, 0.5) is 0 Å². The zero-order valence-electron chi connectivity index (χ0n) is 14.1. The molecule has 0 bridgehead atoms. The number of hydrogen-bond acceptors (Lipinski definition) is 2. The van der Waals surface area contributed by atoms with Gasteiger partial charge in [0.2, 0.25) is 0 Å². The third kappa shape index (κ3) is 5.73. The normalized spacial score (nSPS) is 29.9. The van der Waals surface area contributed by atoms with E-state index < -0.39 is 0 Å². The molecule has 0 radical (unpaired) electrons. The predicted octanol–water partition coefficient (Wildman–Crippen LogP) is 4.06. The number of hydrogen-bond donors (Lipinski definition) is 1. The molecule has 0 amide bonds. The first-order chi connectivity index (χ1) is 9.55. The largest absolute Gasteiger partial charge is 0.314 e. The topological polar surface area (TPSA) is 15.3 Å². The summed E-state index contributed by atoms with van der Waals surface area (Å²) >= 11 is 0. The van der Waals surface area contributed by atoms with Gasteiger partial charge in [-0.25, -0.2) is 0 Å². The minimum Gasteiger partial charge on any atom is -0.314 e. The fourth-order valence-corrected chi connectivity index (χ4v) is 3.88. The lowest BCUT2D eigenvalue weighted by molar-refractivity contribution is 0.196. The van der Waals surface area contributed by atoms with Crippen molar-refractivity contribution in [3.05, 3.63) is 0 Å². The smallest absolute Gasteiger partial charge is 0.00673 e. The summed E-state index contributed by atoms with van der Waals surface area (Å²) in [6.07, 6.45) is 11.3. The summed E-state index contributed by atoms with van der Waals surface area (Å²) in [4.78, 5) is 2.67.